The first-order valence-electron chi connectivity index (χ1n) is 18.4. The van der Waals surface area contributed by atoms with Gasteiger partial charge >= 0.3 is 0 Å². The second-order valence-electron chi connectivity index (χ2n) is 19.1. The van der Waals surface area contributed by atoms with Gasteiger partial charge in [0.1, 0.15) is 0 Å². The third-order valence-electron chi connectivity index (χ3n) is 9.47. The predicted molar refractivity (Wildman–Crippen MR) is 219 cm³/mol. The van der Waals surface area contributed by atoms with E-state index in [1.165, 1.54) is 45.4 Å². The molecule has 0 amide bonds. The van der Waals surface area contributed by atoms with Crippen molar-refractivity contribution in [1.82, 2.24) is 4.98 Å². The molecule has 0 saturated heterocycles. The number of hydrogen-bond acceptors (Lipinski definition) is 1. The van der Waals surface area contributed by atoms with Crippen molar-refractivity contribution in [3.05, 3.63) is 134 Å². The monoisotopic (exact) mass is 662 g/mol. The zero-order valence-corrected chi connectivity index (χ0v) is 35.1. The van der Waals surface area contributed by atoms with Crippen LogP contribution in [0.4, 0.5) is 0 Å². The third-order valence-corrected chi connectivity index (χ3v) is 9.47. The average molecular weight is 662 g/mol. The Morgan fingerprint density at radius 2 is 0.796 bits per heavy atom. The summed E-state index contributed by atoms with van der Waals surface area (Å²) in [6.07, 6.45) is 1.26. The van der Waals surface area contributed by atoms with Crippen molar-refractivity contribution in [2.45, 2.75) is 165 Å². The van der Waals surface area contributed by atoms with Gasteiger partial charge in [-0.05, 0) is 121 Å². The Bertz CT molecular complexity index is 1580. The number of fused-ring (bicyclic) bond motifs is 1. The molecule has 0 spiro atoms. The predicted octanol–water partition coefficient (Wildman–Crippen LogP) is 13.8. The molecule has 0 atom stereocenters. The van der Waals surface area contributed by atoms with Crippen molar-refractivity contribution in [1.29, 1.82) is 0 Å². The highest BCUT2D eigenvalue weighted by Gasteiger charge is 2.41. The molecule has 3 aromatic carbocycles. The number of hydrogen-bond donors (Lipinski definition) is 0. The zero-order chi connectivity index (χ0) is 37.8. The topological polar surface area (TPSA) is 12.9 Å². The Labute approximate surface area is 303 Å². The summed E-state index contributed by atoms with van der Waals surface area (Å²) < 4.78 is 0. The largest absolute Gasteiger partial charge is 0.258 e. The van der Waals surface area contributed by atoms with Crippen molar-refractivity contribution in [2.75, 3.05) is 0 Å². The minimum atomic E-state index is 0.242. The molecule has 1 heteroatoms. The number of rotatable bonds is 0. The van der Waals surface area contributed by atoms with E-state index in [9.17, 15) is 0 Å². The highest BCUT2D eigenvalue weighted by Crippen LogP contribution is 2.49. The number of aryl methyl sites for hydroxylation is 6. The number of aromatic nitrogens is 1. The van der Waals surface area contributed by atoms with Crippen molar-refractivity contribution in [3.63, 3.8) is 0 Å². The fraction of sp³-hybridized carbons (Fsp3) is 0.521. The number of nitrogens with zero attached hydrogens (tertiary/aromatic N) is 1. The van der Waals surface area contributed by atoms with Crippen LogP contribution >= 0.6 is 0 Å². The Hall–Kier alpha value is -3.19. The summed E-state index contributed by atoms with van der Waals surface area (Å²) in [4.78, 5) is 4.23. The summed E-state index contributed by atoms with van der Waals surface area (Å²) >= 11 is 0. The molecule has 0 N–H and O–H groups in total. The smallest absolute Gasteiger partial charge is 0.0378 e. The minimum Gasteiger partial charge on any atom is -0.258 e. The molecule has 0 aliphatic heterocycles. The lowest BCUT2D eigenvalue weighted by Gasteiger charge is -2.25. The van der Waals surface area contributed by atoms with Crippen LogP contribution in [0.1, 0.15) is 158 Å². The molecule has 1 aliphatic rings. The van der Waals surface area contributed by atoms with Gasteiger partial charge in [0.25, 0.3) is 0 Å². The van der Waals surface area contributed by atoms with Crippen molar-refractivity contribution < 1.29 is 0 Å². The molecule has 0 unspecified atom stereocenters. The van der Waals surface area contributed by atoms with Crippen LogP contribution in [-0.2, 0) is 27.1 Å². The second-order valence-corrected chi connectivity index (χ2v) is 19.1. The van der Waals surface area contributed by atoms with E-state index in [4.69, 9.17) is 0 Å². The molecule has 0 bridgehead atoms. The molecule has 49 heavy (non-hydrogen) atoms. The van der Waals surface area contributed by atoms with Crippen LogP contribution in [0.5, 0.6) is 0 Å². The van der Waals surface area contributed by atoms with E-state index in [0.717, 1.165) is 11.4 Å². The molecular formula is C48H71N. The van der Waals surface area contributed by atoms with Crippen LogP contribution in [0.25, 0.3) is 0 Å². The van der Waals surface area contributed by atoms with E-state index >= 15 is 0 Å². The molecule has 4 aromatic rings. The number of pyridine rings is 1. The highest BCUT2D eigenvalue weighted by atomic mass is 14.7. The average Bonchev–Trinajstić information content (AvgIpc) is 3.10. The SMILES string of the molecule is Cc1cc(C(C)(C)C)cc(C(C)(C)C)c1.Cc1cc(C)nc(C)c1.Cc1ccc(C(C)(C)C)cc1.Cc1ccc2c(c1)C(C)(C)CC2(C)C. The molecule has 5 rings (SSSR count). The maximum atomic E-state index is 4.23. The third kappa shape index (κ3) is 12.9. The normalized spacial score (nSPS) is 14.7. The van der Waals surface area contributed by atoms with Gasteiger partial charge in [0, 0.05) is 11.4 Å². The van der Waals surface area contributed by atoms with Crippen LogP contribution in [0, 0.1) is 41.5 Å². The van der Waals surface area contributed by atoms with Crippen molar-refractivity contribution >= 4 is 0 Å². The second kappa shape index (κ2) is 15.8. The van der Waals surface area contributed by atoms with Crippen LogP contribution in [0.3, 0.4) is 0 Å². The summed E-state index contributed by atoms with van der Waals surface area (Å²) in [5, 5.41) is 0. The van der Waals surface area contributed by atoms with E-state index in [1.807, 2.05) is 13.8 Å². The Kier molecular flexibility index (Phi) is 13.5. The van der Waals surface area contributed by atoms with E-state index in [2.05, 4.69) is 195 Å². The van der Waals surface area contributed by atoms with Crippen LogP contribution in [0.2, 0.25) is 0 Å². The molecule has 1 aliphatic carbocycles. The van der Waals surface area contributed by atoms with E-state index in [-0.39, 0.29) is 16.2 Å². The summed E-state index contributed by atoms with van der Waals surface area (Å²) in [6.45, 7) is 42.4. The molecule has 0 radical (unpaired) electrons. The molecule has 1 aromatic heterocycles. The molecule has 0 saturated carbocycles. The maximum absolute atomic E-state index is 4.23. The first-order chi connectivity index (χ1) is 22.1. The van der Waals surface area contributed by atoms with Gasteiger partial charge in [-0.3, -0.25) is 4.98 Å². The lowest BCUT2D eigenvalue weighted by atomic mass is 9.80. The van der Waals surface area contributed by atoms with Gasteiger partial charge in [0.2, 0.25) is 0 Å². The molecule has 1 nitrogen and oxygen atoms in total. The first kappa shape index (κ1) is 42.0. The van der Waals surface area contributed by atoms with Crippen molar-refractivity contribution in [2.24, 2.45) is 0 Å². The minimum absolute atomic E-state index is 0.242. The molecule has 1 heterocycles. The van der Waals surface area contributed by atoms with E-state index in [0.29, 0.717) is 10.8 Å². The Morgan fingerprint density at radius 3 is 1.20 bits per heavy atom. The summed E-state index contributed by atoms with van der Waals surface area (Å²) in [7, 11) is 0. The van der Waals surface area contributed by atoms with Gasteiger partial charge in [-0.15, -0.1) is 0 Å². The fourth-order valence-electron chi connectivity index (χ4n) is 6.85. The maximum Gasteiger partial charge on any atom is 0.0378 e. The van der Waals surface area contributed by atoms with Crippen LogP contribution < -0.4 is 0 Å². The first-order valence-corrected chi connectivity index (χ1v) is 18.4. The highest BCUT2D eigenvalue weighted by molar-refractivity contribution is 5.46. The summed E-state index contributed by atoms with van der Waals surface area (Å²) in [5.41, 5.74) is 16.4. The van der Waals surface area contributed by atoms with E-state index in [1.54, 1.807) is 11.1 Å². The molecule has 268 valence electrons. The van der Waals surface area contributed by atoms with Gasteiger partial charge < -0.3 is 0 Å². The van der Waals surface area contributed by atoms with Gasteiger partial charge in [-0.25, -0.2) is 0 Å². The van der Waals surface area contributed by atoms with Gasteiger partial charge in [-0.2, -0.15) is 0 Å². The fourth-order valence-corrected chi connectivity index (χ4v) is 6.85. The zero-order valence-electron chi connectivity index (χ0n) is 35.1. The van der Waals surface area contributed by atoms with Gasteiger partial charge in [0.15, 0.2) is 0 Å². The Morgan fingerprint density at radius 1 is 0.408 bits per heavy atom. The van der Waals surface area contributed by atoms with Gasteiger partial charge in [0.05, 0.1) is 0 Å². The van der Waals surface area contributed by atoms with Crippen LogP contribution in [0.15, 0.2) is 72.8 Å². The quantitative estimate of drug-likeness (QED) is 0.183. The van der Waals surface area contributed by atoms with E-state index < -0.39 is 0 Å². The standard InChI is InChI=1S/C15H24.C14H20.C11H16.C8H11N/c1-11-8-12(14(2,3)4)10-13(9-11)15(5,6)7;1-10-6-7-11-12(8-10)14(4,5)9-13(11,2)3;1-9-5-7-10(8-6-9)11(2,3)4;1-6-4-7(2)9-8(3)5-6/h8-10H,1-7H3;6-8H,9H2,1-5H3;5-8H,1-4H3;4-5H,1-3H3. The molecule has 0 fully saturated rings. The lowest BCUT2D eigenvalue weighted by Crippen LogP contribution is -2.17. The van der Waals surface area contributed by atoms with Gasteiger partial charge in [-0.1, -0.05) is 167 Å². The Balaban J connectivity index is 0.000000231. The van der Waals surface area contributed by atoms with Crippen molar-refractivity contribution in [3.8, 4) is 0 Å². The summed E-state index contributed by atoms with van der Waals surface area (Å²) in [6, 6.07) is 26.8. The summed E-state index contributed by atoms with van der Waals surface area (Å²) in [5.74, 6) is 0. The van der Waals surface area contributed by atoms with Crippen LogP contribution in [-0.4, -0.2) is 4.98 Å². The number of benzene rings is 3. The molecular weight excluding hydrogens is 591 g/mol. The lowest BCUT2D eigenvalue weighted by molar-refractivity contribution is 0.403.